The predicted molar refractivity (Wildman–Crippen MR) is 52.7 cm³/mol. The Morgan fingerprint density at radius 1 is 1.46 bits per heavy atom. The fourth-order valence-corrected chi connectivity index (χ4v) is 0.880. The molecule has 0 saturated carbocycles. The van der Waals surface area contributed by atoms with Gasteiger partial charge in [0.25, 0.3) is 0 Å². The lowest BCUT2D eigenvalue weighted by atomic mass is 10.2. The molecule has 0 aromatic carbocycles. The van der Waals surface area contributed by atoms with Gasteiger partial charge in [0.05, 0.1) is 5.71 Å². The molecule has 1 aromatic heterocycles. The van der Waals surface area contributed by atoms with Crippen molar-refractivity contribution in [3.8, 4) is 0 Å². The Labute approximate surface area is 78.4 Å². The number of hydrogen-bond donors (Lipinski definition) is 0. The molecule has 0 radical (unpaired) electrons. The van der Waals surface area contributed by atoms with Crippen molar-refractivity contribution in [2.24, 2.45) is 5.16 Å². The smallest absolute Gasteiger partial charge is 0.116 e. The van der Waals surface area contributed by atoms with E-state index in [2.05, 4.69) is 17.1 Å². The highest BCUT2D eigenvalue weighted by Gasteiger charge is 1.95. The van der Waals surface area contributed by atoms with Gasteiger partial charge in [-0.3, -0.25) is 4.98 Å². The van der Waals surface area contributed by atoms with Gasteiger partial charge in [-0.05, 0) is 25.5 Å². The van der Waals surface area contributed by atoms with E-state index in [0.29, 0.717) is 6.61 Å². The molecular formula is C10H14N2O. The van der Waals surface area contributed by atoms with Crippen LogP contribution in [0, 0.1) is 0 Å². The molecule has 0 bridgehead atoms. The Hall–Kier alpha value is -1.38. The maximum atomic E-state index is 5.07. The van der Waals surface area contributed by atoms with Crippen molar-refractivity contribution < 1.29 is 4.84 Å². The first kappa shape index (κ1) is 9.71. The van der Waals surface area contributed by atoms with Crippen molar-refractivity contribution in [3.05, 3.63) is 30.1 Å². The maximum absolute atomic E-state index is 5.07. The van der Waals surface area contributed by atoms with E-state index in [0.717, 1.165) is 17.7 Å². The average molecular weight is 178 g/mol. The number of rotatable bonds is 4. The fraction of sp³-hybridized carbons (Fsp3) is 0.400. The monoisotopic (exact) mass is 178 g/mol. The highest BCUT2D eigenvalue weighted by atomic mass is 16.6. The molecule has 3 heteroatoms. The van der Waals surface area contributed by atoms with Crippen LogP contribution < -0.4 is 0 Å². The van der Waals surface area contributed by atoms with Crippen LogP contribution in [0.3, 0.4) is 0 Å². The summed E-state index contributed by atoms with van der Waals surface area (Å²) in [6.45, 7) is 4.64. The van der Waals surface area contributed by atoms with Gasteiger partial charge >= 0.3 is 0 Å². The van der Waals surface area contributed by atoms with Crippen LogP contribution in [0.1, 0.15) is 25.8 Å². The second kappa shape index (κ2) is 5.30. The van der Waals surface area contributed by atoms with E-state index in [1.807, 2.05) is 19.1 Å². The Bertz CT molecular complexity index is 270. The minimum atomic E-state index is 0.669. The molecule has 0 N–H and O–H groups in total. The van der Waals surface area contributed by atoms with Gasteiger partial charge in [0.1, 0.15) is 6.61 Å². The van der Waals surface area contributed by atoms with Crippen LogP contribution in [0.5, 0.6) is 0 Å². The summed E-state index contributed by atoms with van der Waals surface area (Å²) in [6, 6.07) is 3.82. The fourth-order valence-electron chi connectivity index (χ4n) is 0.880. The van der Waals surface area contributed by atoms with E-state index in [9.17, 15) is 0 Å². The normalized spacial score (nSPS) is 11.4. The van der Waals surface area contributed by atoms with E-state index < -0.39 is 0 Å². The van der Waals surface area contributed by atoms with Gasteiger partial charge in [-0.1, -0.05) is 12.1 Å². The largest absolute Gasteiger partial charge is 0.396 e. The third-order valence-electron chi connectivity index (χ3n) is 1.59. The number of hydrogen-bond acceptors (Lipinski definition) is 3. The second-order valence-corrected chi connectivity index (χ2v) is 2.75. The van der Waals surface area contributed by atoms with Crippen LogP contribution in [0.15, 0.2) is 29.7 Å². The Morgan fingerprint density at radius 2 is 2.15 bits per heavy atom. The first-order valence-electron chi connectivity index (χ1n) is 4.41. The van der Waals surface area contributed by atoms with Crippen LogP contribution in [0.25, 0.3) is 0 Å². The summed E-state index contributed by atoms with van der Waals surface area (Å²) in [5, 5.41) is 3.97. The van der Waals surface area contributed by atoms with Crippen molar-refractivity contribution in [1.29, 1.82) is 0 Å². The molecule has 0 unspecified atom stereocenters. The van der Waals surface area contributed by atoms with Gasteiger partial charge in [0.2, 0.25) is 0 Å². The lowest BCUT2D eigenvalue weighted by Gasteiger charge is -1.99. The van der Waals surface area contributed by atoms with Gasteiger partial charge in [-0.25, -0.2) is 0 Å². The maximum Gasteiger partial charge on any atom is 0.116 e. The zero-order valence-corrected chi connectivity index (χ0v) is 8.03. The van der Waals surface area contributed by atoms with Crippen LogP contribution in [0.4, 0.5) is 0 Å². The van der Waals surface area contributed by atoms with E-state index in [1.54, 1.807) is 12.4 Å². The molecule has 3 nitrogen and oxygen atoms in total. The third kappa shape index (κ3) is 3.23. The van der Waals surface area contributed by atoms with Crippen LogP contribution in [0.2, 0.25) is 0 Å². The zero-order valence-electron chi connectivity index (χ0n) is 8.03. The Kier molecular flexibility index (Phi) is 3.96. The zero-order chi connectivity index (χ0) is 9.52. The van der Waals surface area contributed by atoms with Crippen LogP contribution in [-0.4, -0.2) is 17.3 Å². The van der Waals surface area contributed by atoms with Gasteiger partial charge < -0.3 is 4.84 Å². The molecule has 13 heavy (non-hydrogen) atoms. The van der Waals surface area contributed by atoms with Gasteiger partial charge in [-0.2, -0.15) is 0 Å². The van der Waals surface area contributed by atoms with E-state index in [4.69, 9.17) is 4.84 Å². The summed E-state index contributed by atoms with van der Waals surface area (Å²) >= 11 is 0. The first-order valence-corrected chi connectivity index (χ1v) is 4.41. The van der Waals surface area contributed by atoms with Crippen molar-refractivity contribution in [2.75, 3.05) is 6.61 Å². The van der Waals surface area contributed by atoms with E-state index >= 15 is 0 Å². The number of aromatic nitrogens is 1. The molecule has 0 aliphatic carbocycles. The number of pyridine rings is 1. The summed E-state index contributed by atoms with van der Waals surface area (Å²) < 4.78 is 0. The molecule has 0 aliphatic rings. The Morgan fingerprint density at radius 3 is 2.77 bits per heavy atom. The lowest BCUT2D eigenvalue weighted by Crippen LogP contribution is -1.96. The van der Waals surface area contributed by atoms with Crippen molar-refractivity contribution in [2.45, 2.75) is 20.3 Å². The van der Waals surface area contributed by atoms with E-state index in [-0.39, 0.29) is 0 Å². The highest BCUT2D eigenvalue weighted by molar-refractivity contribution is 5.98. The molecule has 0 aliphatic heterocycles. The minimum absolute atomic E-state index is 0.669. The summed E-state index contributed by atoms with van der Waals surface area (Å²) in [5.41, 5.74) is 1.93. The molecule has 1 aromatic rings. The van der Waals surface area contributed by atoms with Crippen molar-refractivity contribution >= 4 is 5.71 Å². The summed E-state index contributed by atoms with van der Waals surface area (Å²) in [7, 11) is 0. The first-order chi connectivity index (χ1) is 6.34. The van der Waals surface area contributed by atoms with Crippen molar-refractivity contribution in [1.82, 2.24) is 4.98 Å². The minimum Gasteiger partial charge on any atom is -0.396 e. The topological polar surface area (TPSA) is 34.5 Å². The molecule has 0 saturated heterocycles. The van der Waals surface area contributed by atoms with Crippen LogP contribution in [-0.2, 0) is 4.84 Å². The summed E-state index contributed by atoms with van der Waals surface area (Å²) in [6.07, 6.45) is 4.47. The average Bonchev–Trinajstić information content (AvgIpc) is 2.19. The highest BCUT2D eigenvalue weighted by Crippen LogP contribution is 1.99. The molecule has 70 valence electrons. The van der Waals surface area contributed by atoms with E-state index in [1.165, 1.54) is 0 Å². The second-order valence-electron chi connectivity index (χ2n) is 2.75. The molecule has 1 rings (SSSR count). The predicted octanol–water partition coefficient (Wildman–Crippen LogP) is 2.23. The lowest BCUT2D eigenvalue weighted by molar-refractivity contribution is 0.145. The third-order valence-corrected chi connectivity index (χ3v) is 1.59. The van der Waals surface area contributed by atoms with Gasteiger partial charge in [0, 0.05) is 18.0 Å². The summed E-state index contributed by atoms with van der Waals surface area (Å²) in [5.74, 6) is 0. The molecule has 0 amide bonds. The van der Waals surface area contributed by atoms with Crippen LogP contribution >= 0.6 is 0 Å². The molecule has 0 atom stereocenters. The summed E-state index contributed by atoms with van der Waals surface area (Å²) in [4.78, 5) is 8.99. The molecular weight excluding hydrogens is 164 g/mol. The Balaban J connectivity index is 2.57. The molecule has 0 spiro atoms. The van der Waals surface area contributed by atoms with Gasteiger partial charge in [-0.15, -0.1) is 0 Å². The number of oxime groups is 1. The SMILES string of the molecule is CCCO/N=C(/C)c1ccncc1. The quantitative estimate of drug-likeness (QED) is 0.402. The van der Waals surface area contributed by atoms with Crippen molar-refractivity contribution in [3.63, 3.8) is 0 Å². The standard InChI is InChI=1S/C10H14N2O/c1-3-8-13-12-9(2)10-4-6-11-7-5-10/h4-7H,3,8H2,1-2H3/b12-9-. The van der Waals surface area contributed by atoms with Gasteiger partial charge in [0.15, 0.2) is 0 Å². The number of nitrogens with zero attached hydrogens (tertiary/aromatic N) is 2. The molecule has 1 heterocycles. The molecule has 0 fully saturated rings.